The topological polar surface area (TPSA) is 43.0 Å². The normalized spacial score (nSPS) is 12.4. The zero-order valence-electron chi connectivity index (χ0n) is 12.1. The lowest BCUT2D eigenvalue weighted by Gasteiger charge is -2.15. The van der Waals surface area contributed by atoms with E-state index in [9.17, 15) is 0 Å². The molecule has 0 amide bonds. The van der Waals surface area contributed by atoms with Gasteiger partial charge >= 0.3 is 0 Å². The molecular weight excluding hydrogens is 262 g/mol. The summed E-state index contributed by atoms with van der Waals surface area (Å²) >= 11 is 0. The molecule has 4 nitrogen and oxygen atoms in total. The van der Waals surface area contributed by atoms with Crippen molar-refractivity contribution in [2.45, 2.75) is 19.4 Å². The molecule has 0 saturated carbocycles. The number of nitrogens with zero attached hydrogens (tertiary/aromatic N) is 2. The standard InChI is InChI=1S/C17H19N3O/c1-2-9-18-17(14-8-10-21-13-14)15-11-19-20(12-15)16-6-4-3-5-7-16/h3-8,10-13,17-18H,2,9H2,1H3. The van der Waals surface area contributed by atoms with Crippen molar-refractivity contribution in [2.75, 3.05) is 6.54 Å². The summed E-state index contributed by atoms with van der Waals surface area (Å²) in [6.07, 6.45) is 8.55. The molecule has 1 aromatic carbocycles. The average Bonchev–Trinajstić information content (AvgIpc) is 3.21. The van der Waals surface area contributed by atoms with E-state index in [2.05, 4.69) is 23.5 Å². The van der Waals surface area contributed by atoms with E-state index in [0.717, 1.165) is 29.8 Å². The molecule has 3 rings (SSSR count). The first kappa shape index (κ1) is 13.6. The smallest absolute Gasteiger partial charge is 0.0953 e. The van der Waals surface area contributed by atoms with Crippen molar-refractivity contribution in [3.63, 3.8) is 0 Å². The van der Waals surface area contributed by atoms with Crippen LogP contribution in [0.2, 0.25) is 0 Å². The Labute approximate surface area is 124 Å². The molecule has 21 heavy (non-hydrogen) atoms. The van der Waals surface area contributed by atoms with Gasteiger partial charge in [0.1, 0.15) is 0 Å². The molecule has 1 atom stereocenters. The Hall–Kier alpha value is -2.33. The molecule has 0 saturated heterocycles. The van der Waals surface area contributed by atoms with E-state index >= 15 is 0 Å². The minimum atomic E-state index is 0.112. The lowest BCUT2D eigenvalue weighted by molar-refractivity contribution is 0.548. The highest BCUT2D eigenvalue weighted by atomic mass is 16.3. The van der Waals surface area contributed by atoms with Crippen LogP contribution in [0.25, 0.3) is 5.69 Å². The highest BCUT2D eigenvalue weighted by Crippen LogP contribution is 2.23. The summed E-state index contributed by atoms with van der Waals surface area (Å²) in [7, 11) is 0. The van der Waals surface area contributed by atoms with Crippen LogP contribution in [-0.4, -0.2) is 16.3 Å². The van der Waals surface area contributed by atoms with Crippen LogP contribution < -0.4 is 5.32 Å². The van der Waals surface area contributed by atoms with Gasteiger partial charge in [0.25, 0.3) is 0 Å². The predicted octanol–water partition coefficient (Wildman–Crippen LogP) is 3.55. The molecule has 0 radical (unpaired) electrons. The van der Waals surface area contributed by atoms with E-state index in [1.165, 1.54) is 0 Å². The van der Waals surface area contributed by atoms with Crippen LogP contribution in [0.3, 0.4) is 0 Å². The third-order valence-corrected chi connectivity index (χ3v) is 3.43. The van der Waals surface area contributed by atoms with E-state index in [0.29, 0.717) is 0 Å². The Morgan fingerprint density at radius 2 is 2.05 bits per heavy atom. The molecule has 2 aromatic heterocycles. The first-order valence-electron chi connectivity index (χ1n) is 7.24. The summed E-state index contributed by atoms with van der Waals surface area (Å²) in [5.74, 6) is 0. The van der Waals surface area contributed by atoms with Crippen molar-refractivity contribution in [3.05, 3.63) is 72.4 Å². The highest BCUT2D eigenvalue weighted by molar-refractivity contribution is 5.33. The Bertz CT molecular complexity index is 658. The zero-order valence-corrected chi connectivity index (χ0v) is 12.1. The second-order valence-electron chi connectivity index (χ2n) is 5.00. The number of benzene rings is 1. The highest BCUT2D eigenvalue weighted by Gasteiger charge is 2.16. The Balaban J connectivity index is 1.88. The maximum Gasteiger partial charge on any atom is 0.0953 e. The van der Waals surface area contributed by atoms with E-state index in [4.69, 9.17) is 4.42 Å². The van der Waals surface area contributed by atoms with Gasteiger partial charge in [-0.1, -0.05) is 25.1 Å². The predicted molar refractivity (Wildman–Crippen MR) is 82.4 cm³/mol. The zero-order chi connectivity index (χ0) is 14.5. The van der Waals surface area contributed by atoms with E-state index in [-0.39, 0.29) is 6.04 Å². The fourth-order valence-corrected chi connectivity index (χ4v) is 2.36. The lowest BCUT2D eigenvalue weighted by Crippen LogP contribution is -2.22. The summed E-state index contributed by atoms with van der Waals surface area (Å²) in [6.45, 7) is 3.11. The molecule has 1 N–H and O–H groups in total. The summed E-state index contributed by atoms with van der Waals surface area (Å²) in [4.78, 5) is 0. The number of hydrogen-bond acceptors (Lipinski definition) is 3. The molecule has 3 aromatic rings. The van der Waals surface area contributed by atoms with Crippen molar-refractivity contribution in [2.24, 2.45) is 0 Å². The van der Waals surface area contributed by atoms with Gasteiger partial charge in [0, 0.05) is 17.3 Å². The van der Waals surface area contributed by atoms with Gasteiger partial charge in [0.15, 0.2) is 0 Å². The number of nitrogens with one attached hydrogen (secondary N) is 1. The molecule has 4 heteroatoms. The van der Waals surface area contributed by atoms with Crippen LogP contribution in [0.1, 0.15) is 30.5 Å². The second-order valence-corrected chi connectivity index (χ2v) is 5.00. The number of aromatic nitrogens is 2. The SMILES string of the molecule is CCCNC(c1ccoc1)c1cnn(-c2ccccc2)c1. The summed E-state index contributed by atoms with van der Waals surface area (Å²) < 4.78 is 7.12. The van der Waals surface area contributed by atoms with Gasteiger partial charge in [0.05, 0.1) is 30.5 Å². The number of hydrogen-bond donors (Lipinski definition) is 1. The summed E-state index contributed by atoms with van der Waals surface area (Å²) in [6, 6.07) is 12.2. The van der Waals surface area contributed by atoms with Crippen molar-refractivity contribution in [3.8, 4) is 5.69 Å². The molecule has 1 unspecified atom stereocenters. The fraction of sp³-hybridized carbons (Fsp3) is 0.235. The van der Waals surface area contributed by atoms with Gasteiger partial charge in [-0.2, -0.15) is 5.10 Å². The van der Waals surface area contributed by atoms with E-state index in [1.807, 2.05) is 47.3 Å². The average molecular weight is 281 g/mol. The first-order chi connectivity index (χ1) is 10.4. The van der Waals surface area contributed by atoms with E-state index < -0.39 is 0 Å². The van der Waals surface area contributed by atoms with Crippen LogP contribution >= 0.6 is 0 Å². The molecule has 2 heterocycles. The van der Waals surface area contributed by atoms with Crippen LogP contribution in [0.5, 0.6) is 0 Å². The molecule has 0 aliphatic rings. The van der Waals surface area contributed by atoms with Crippen molar-refractivity contribution in [1.82, 2.24) is 15.1 Å². The minimum Gasteiger partial charge on any atom is -0.472 e. The Morgan fingerprint density at radius 3 is 2.76 bits per heavy atom. The number of rotatable bonds is 6. The van der Waals surface area contributed by atoms with Crippen molar-refractivity contribution < 1.29 is 4.42 Å². The van der Waals surface area contributed by atoms with Gasteiger partial charge in [-0.25, -0.2) is 4.68 Å². The Kier molecular flexibility index (Phi) is 4.17. The largest absolute Gasteiger partial charge is 0.472 e. The van der Waals surface area contributed by atoms with Crippen molar-refractivity contribution >= 4 is 0 Å². The van der Waals surface area contributed by atoms with Crippen LogP contribution in [0.4, 0.5) is 0 Å². The summed E-state index contributed by atoms with van der Waals surface area (Å²) in [5.41, 5.74) is 3.31. The maximum absolute atomic E-state index is 5.22. The first-order valence-corrected chi connectivity index (χ1v) is 7.24. The van der Waals surface area contributed by atoms with Crippen molar-refractivity contribution in [1.29, 1.82) is 0 Å². The third kappa shape index (κ3) is 3.06. The van der Waals surface area contributed by atoms with Gasteiger partial charge in [-0.15, -0.1) is 0 Å². The monoisotopic (exact) mass is 281 g/mol. The van der Waals surface area contributed by atoms with Gasteiger partial charge in [-0.05, 0) is 31.2 Å². The van der Waals surface area contributed by atoms with Crippen LogP contribution in [0.15, 0.2) is 65.7 Å². The van der Waals surface area contributed by atoms with Gasteiger partial charge < -0.3 is 9.73 Å². The van der Waals surface area contributed by atoms with Gasteiger partial charge in [0.2, 0.25) is 0 Å². The maximum atomic E-state index is 5.22. The molecule has 0 bridgehead atoms. The number of furan rings is 1. The molecular formula is C17H19N3O. The second kappa shape index (κ2) is 6.41. The summed E-state index contributed by atoms with van der Waals surface area (Å²) in [5, 5.41) is 8.01. The Morgan fingerprint density at radius 1 is 1.19 bits per heavy atom. The third-order valence-electron chi connectivity index (χ3n) is 3.43. The van der Waals surface area contributed by atoms with E-state index in [1.54, 1.807) is 12.5 Å². The van der Waals surface area contributed by atoms with Crippen LogP contribution in [-0.2, 0) is 0 Å². The molecule has 0 fully saturated rings. The molecule has 0 spiro atoms. The molecule has 0 aliphatic carbocycles. The van der Waals surface area contributed by atoms with Crippen LogP contribution in [0, 0.1) is 0 Å². The molecule has 108 valence electrons. The minimum absolute atomic E-state index is 0.112. The lowest BCUT2D eigenvalue weighted by atomic mass is 10.1. The quantitative estimate of drug-likeness (QED) is 0.751. The molecule has 0 aliphatic heterocycles. The van der Waals surface area contributed by atoms with Gasteiger partial charge in [-0.3, -0.25) is 0 Å². The number of para-hydroxylation sites is 1. The fourth-order valence-electron chi connectivity index (χ4n) is 2.36.